The normalized spacial score (nSPS) is 11.9. The summed E-state index contributed by atoms with van der Waals surface area (Å²) in [5.41, 5.74) is 3.88. The van der Waals surface area contributed by atoms with Gasteiger partial charge < -0.3 is 15.4 Å². The van der Waals surface area contributed by atoms with Crippen LogP contribution in [0.3, 0.4) is 0 Å². The Labute approximate surface area is 219 Å². The Bertz CT molecular complexity index is 1750. The summed E-state index contributed by atoms with van der Waals surface area (Å²) in [5, 5.41) is 14.3. The van der Waals surface area contributed by atoms with E-state index in [0.717, 1.165) is 5.56 Å². The third-order valence-electron chi connectivity index (χ3n) is 5.80. The van der Waals surface area contributed by atoms with Gasteiger partial charge in [-0.2, -0.15) is 0 Å². The quantitative estimate of drug-likeness (QED) is 0.201. The summed E-state index contributed by atoms with van der Waals surface area (Å²) >= 11 is 0. The Balaban J connectivity index is 1.61. The molecular weight excluding hydrogens is 500 g/mol. The number of hydrogen-bond donors (Lipinski definition) is 4. The first-order chi connectivity index (χ1) is 18.3. The fourth-order valence-electron chi connectivity index (χ4n) is 4.11. The molecule has 1 amide bonds. The first-order valence-corrected chi connectivity index (χ1v) is 13.2. The number of aliphatic imine (C=N–C) groups is 1. The van der Waals surface area contributed by atoms with Gasteiger partial charge in [0, 0.05) is 34.8 Å². The molecule has 0 fully saturated rings. The minimum absolute atomic E-state index is 0.0967. The van der Waals surface area contributed by atoms with Gasteiger partial charge in [0.2, 0.25) is 5.91 Å². The molecule has 5 rings (SSSR count). The van der Waals surface area contributed by atoms with E-state index in [0.29, 0.717) is 39.2 Å². The Morgan fingerprint density at radius 2 is 1.47 bits per heavy atom. The number of fused-ring (bicyclic) bond motifs is 1. The number of aromatic hydroxyl groups is 1. The monoisotopic (exact) mass is 524 g/mol. The molecule has 0 atom stereocenters. The zero-order chi connectivity index (χ0) is 26.7. The second-order valence-electron chi connectivity index (χ2n) is 8.58. The maximum atomic E-state index is 12.9. The maximum Gasteiger partial charge on any atom is 0.261 e. The fourth-order valence-corrected chi connectivity index (χ4v) is 5.18. The molecule has 190 valence electrons. The Kier molecular flexibility index (Phi) is 6.68. The minimum Gasteiger partial charge on any atom is -0.494 e. The van der Waals surface area contributed by atoms with Gasteiger partial charge >= 0.3 is 0 Å². The number of aromatic amines is 1. The SMILES string of the molecule is CC(=O)Nc1ccc(N=C(c2ccccc2)c2c(O)[nH]c3ccc(NS(=O)(=O)c4ccccc4)cc23)cc1. The summed E-state index contributed by atoms with van der Waals surface area (Å²) in [4.78, 5) is 19.3. The van der Waals surface area contributed by atoms with Gasteiger partial charge in [0.1, 0.15) is 0 Å². The highest BCUT2D eigenvalue weighted by atomic mass is 32.2. The lowest BCUT2D eigenvalue weighted by molar-refractivity contribution is -0.114. The Hall–Kier alpha value is -4.89. The highest BCUT2D eigenvalue weighted by molar-refractivity contribution is 7.92. The van der Waals surface area contributed by atoms with Gasteiger partial charge in [-0.15, -0.1) is 0 Å². The number of carbonyl (C=O) groups excluding carboxylic acids is 1. The number of carbonyl (C=O) groups is 1. The minimum atomic E-state index is -3.80. The number of H-pyrrole nitrogens is 1. The van der Waals surface area contributed by atoms with E-state index in [2.05, 4.69) is 15.0 Å². The van der Waals surface area contributed by atoms with Gasteiger partial charge in [0.05, 0.1) is 21.9 Å². The van der Waals surface area contributed by atoms with Crippen LogP contribution in [0.4, 0.5) is 17.1 Å². The largest absolute Gasteiger partial charge is 0.494 e. The molecule has 0 aliphatic rings. The topological polar surface area (TPSA) is 124 Å². The van der Waals surface area contributed by atoms with Crippen molar-refractivity contribution in [3.8, 4) is 5.88 Å². The molecule has 1 heterocycles. The van der Waals surface area contributed by atoms with Crippen molar-refractivity contribution in [2.75, 3.05) is 10.0 Å². The van der Waals surface area contributed by atoms with Gasteiger partial charge in [-0.25, -0.2) is 13.4 Å². The van der Waals surface area contributed by atoms with E-state index in [1.807, 2.05) is 30.3 Å². The zero-order valence-corrected chi connectivity index (χ0v) is 21.2. The lowest BCUT2D eigenvalue weighted by Gasteiger charge is -2.10. The van der Waals surface area contributed by atoms with Crippen LogP contribution in [0.5, 0.6) is 5.88 Å². The summed E-state index contributed by atoms with van der Waals surface area (Å²) in [7, 11) is -3.80. The third kappa shape index (κ3) is 5.28. The average Bonchev–Trinajstić information content (AvgIpc) is 3.23. The number of rotatable bonds is 7. The van der Waals surface area contributed by atoms with Gasteiger partial charge in [0.25, 0.3) is 10.0 Å². The lowest BCUT2D eigenvalue weighted by atomic mass is 10.0. The van der Waals surface area contributed by atoms with Crippen LogP contribution in [-0.4, -0.2) is 30.1 Å². The Morgan fingerprint density at radius 1 is 0.842 bits per heavy atom. The first-order valence-electron chi connectivity index (χ1n) is 11.7. The highest BCUT2D eigenvalue weighted by Gasteiger charge is 2.20. The van der Waals surface area contributed by atoms with Crippen LogP contribution >= 0.6 is 0 Å². The Morgan fingerprint density at radius 3 is 2.13 bits per heavy atom. The van der Waals surface area contributed by atoms with E-state index in [1.165, 1.54) is 19.1 Å². The van der Waals surface area contributed by atoms with Crippen LogP contribution in [0.25, 0.3) is 10.9 Å². The number of sulfonamides is 1. The molecule has 0 bridgehead atoms. The number of nitrogens with one attached hydrogen (secondary N) is 3. The van der Waals surface area contributed by atoms with Gasteiger partial charge in [-0.3, -0.25) is 9.52 Å². The molecule has 1 aromatic heterocycles. The van der Waals surface area contributed by atoms with Crippen LogP contribution in [0.2, 0.25) is 0 Å². The van der Waals surface area contributed by atoms with E-state index in [1.54, 1.807) is 60.7 Å². The summed E-state index contributed by atoms with van der Waals surface area (Å²) in [6, 6.07) is 29.5. The van der Waals surface area contributed by atoms with Crippen molar-refractivity contribution in [1.29, 1.82) is 0 Å². The number of aromatic nitrogens is 1. The second kappa shape index (κ2) is 10.2. The van der Waals surface area contributed by atoms with Crippen molar-refractivity contribution in [3.63, 3.8) is 0 Å². The molecule has 5 aromatic rings. The predicted octanol–water partition coefficient (Wildman–Crippen LogP) is 5.80. The summed E-state index contributed by atoms with van der Waals surface area (Å²) in [6.07, 6.45) is 0. The summed E-state index contributed by atoms with van der Waals surface area (Å²) in [6.45, 7) is 1.44. The molecule has 0 saturated heterocycles. The molecule has 9 heteroatoms. The van der Waals surface area contributed by atoms with E-state index in [9.17, 15) is 18.3 Å². The highest BCUT2D eigenvalue weighted by Crippen LogP contribution is 2.34. The van der Waals surface area contributed by atoms with E-state index in [-0.39, 0.29) is 16.7 Å². The molecule has 4 N–H and O–H groups in total. The van der Waals surface area contributed by atoms with Crippen molar-refractivity contribution in [2.24, 2.45) is 4.99 Å². The van der Waals surface area contributed by atoms with Crippen LogP contribution in [0, 0.1) is 0 Å². The first kappa shape index (κ1) is 24.8. The van der Waals surface area contributed by atoms with Crippen molar-refractivity contribution < 1.29 is 18.3 Å². The molecular formula is C29H24N4O4S. The number of nitrogens with zero attached hydrogens (tertiary/aromatic N) is 1. The van der Waals surface area contributed by atoms with Crippen LogP contribution in [0.15, 0.2) is 113 Å². The van der Waals surface area contributed by atoms with Crippen LogP contribution < -0.4 is 10.0 Å². The molecule has 4 aromatic carbocycles. The lowest BCUT2D eigenvalue weighted by Crippen LogP contribution is -2.12. The fraction of sp³-hybridized carbons (Fsp3) is 0.0345. The van der Waals surface area contributed by atoms with Crippen LogP contribution in [0.1, 0.15) is 18.1 Å². The van der Waals surface area contributed by atoms with Crippen molar-refractivity contribution in [2.45, 2.75) is 11.8 Å². The molecule has 0 radical (unpaired) electrons. The number of benzene rings is 4. The predicted molar refractivity (Wildman–Crippen MR) is 150 cm³/mol. The molecule has 8 nitrogen and oxygen atoms in total. The molecule has 0 spiro atoms. The van der Waals surface area contributed by atoms with Gasteiger partial charge in [-0.1, -0.05) is 48.5 Å². The molecule has 0 saturated carbocycles. The van der Waals surface area contributed by atoms with E-state index >= 15 is 0 Å². The smallest absolute Gasteiger partial charge is 0.261 e. The molecule has 0 aliphatic heterocycles. The van der Waals surface area contributed by atoms with Crippen LogP contribution in [-0.2, 0) is 14.8 Å². The number of amides is 1. The third-order valence-corrected chi connectivity index (χ3v) is 7.19. The van der Waals surface area contributed by atoms with Gasteiger partial charge in [0.15, 0.2) is 5.88 Å². The standard InChI is InChI=1S/C29H24N4O4S/c1-19(34)30-21-12-14-22(15-13-21)31-28(20-8-4-2-5-9-20)27-25-18-23(16-17-26(25)32-29(27)35)33-38(36,37)24-10-6-3-7-11-24/h2-18,32-33,35H,1H3,(H,30,34). The van der Waals surface area contributed by atoms with Crippen molar-refractivity contribution in [3.05, 3.63) is 114 Å². The van der Waals surface area contributed by atoms with E-state index in [4.69, 9.17) is 4.99 Å². The summed E-state index contributed by atoms with van der Waals surface area (Å²) < 4.78 is 28.4. The molecule has 38 heavy (non-hydrogen) atoms. The maximum absolute atomic E-state index is 12.9. The van der Waals surface area contributed by atoms with E-state index < -0.39 is 10.0 Å². The van der Waals surface area contributed by atoms with Gasteiger partial charge in [-0.05, 0) is 54.6 Å². The average molecular weight is 525 g/mol. The number of anilines is 2. The zero-order valence-electron chi connectivity index (χ0n) is 20.3. The molecule has 0 aliphatic carbocycles. The van der Waals surface area contributed by atoms with Crippen molar-refractivity contribution >= 4 is 49.6 Å². The number of hydrogen-bond acceptors (Lipinski definition) is 5. The second-order valence-corrected chi connectivity index (χ2v) is 10.3. The molecule has 0 unspecified atom stereocenters. The summed E-state index contributed by atoms with van der Waals surface area (Å²) in [5.74, 6) is -0.269. The van der Waals surface area contributed by atoms with Crippen molar-refractivity contribution in [1.82, 2.24) is 4.98 Å².